The van der Waals surface area contributed by atoms with Crippen LogP contribution in [-0.4, -0.2) is 42.8 Å². The minimum absolute atomic E-state index is 0.0939. The summed E-state index contributed by atoms with van der Waals surface area (Å²) in [5, 5.41) is 5.49. The van der Waals surface area contributed by atoms with Crippen molar-refractivity contribution in [2.45, 2.75) is 20.8 Å². The molecule has 0 aliphatic carbocycles. The Balaban J connectivity index is 1.91. The van der Waals surface area contributed by atoms with Gasteiger partial charge < -0.3 is 20.3 Å². The maximum Gasteiger partial charge on any atom is 0.260 e. The zero-order valence-corrected chi connectivity index (χ0v) is 16.5. The standard InChI is InChI=1S/C21H25N3O4/c1-14-8-7-9-15(2)21(14)23-19(26)12-24(4)20(27)13-28-18-11-6-5-10-17(18)22-16(3)25/h5-11H,12-13H2,1-4H3,(H,22,25)(H,23,26). The molecular formula is C21H25N3O4. The molecule has 0 fully saturated rings. The van der Waals surface area contributed by atoms with Gasteiger partial charge in [0, 0.05) is 19.7 Å². The summed E-state index contributed by atoms with van der Waals surface area (Å²) < 4.78 is 5.52. The number of hydrogen-bond donors (Lipinski definition) is 2. The molecule has 2 aromatic rings. The zero-order valence-electron chi connectivity index (χ0n) is 16.5. The highest BCUT2D eigenvalue weighted by Crippen LogP contribution is 2.23. The Bertz CT molecular complexity index is 859. The van der Waals surface area contributed by atoms with Crippen LogP contribution in [0.15, 0.2) is 42.5 Å². The fraction of sp³-hybridized carbons (Fsp3) is 0.286. The number of aryl methyl sites for hydroxylation is 2. The van der Waals surface area contributed by atoms with E-state index in [0.717, 1.165) is 16.8 Å². The Labute approximate surface area is 164 Å². The van der Waals surface area contributed by atoms with E-state index in [1.54, 1.807) is 24.3 Å². The highest BCUT2D eigenvalue weighted by molar-refractivity contribution is 5.96. The lowest BCUT2D eigenvalue weighted by atomic mass is 10.1. The summed E-state index contributed by atoms with van der Waals surface area (Å²) in [7, 11) is 1.54. The summed E-state index contributed by atoms with van der Waals surface area (Å²) in [6, 6.07) is 12.6. The number of nitrogens with one attached hydrogen (secondary N) is 2. The van der Waals surface area contributed by atoms with E-state index in [0.29, 0.717) is 11.4 Å². The number of hydrogen-bond acceptors (Lipinski definition) is 4. The number of carbonyl (C=O) groups is 3. The van der Waals surface area contributed by atoms with Crippen LogP contribution in [0.2, 0.25) is 0 Å². The molecule has 0 bridgehead atoms. The monoisotopic (exact) mass is 383 g/mol. The smallest absolute Gasteiger partial charge is 0.260 e. The molecule has 0 aliphatic rings. The van der Waals surface area contributed by atoms with Gasteiger partial charge in [-0.2, -0.15) is 0 Å². The first kappa shape index (κ1) is 21.0. The van der Waals surface area contributed by atoms with Gasteiger partial charge in [0.1, 0.15) is 5.75 Å². The van der Waals surface area contributed by atoms with E-state index >= 15 is 0 Å². The van der Waals surface area contributed by atoms with Crippen molar-refractivity contribution in [1.29, 1.82) is 0 Å². The minimum atomic E-state index is -0.353. The molecule has 0 heterocycles. The average molecular weight is 383 g/mol. The number of para-hydroxylation sites is 3. The normalized spacial score (nSPS) is 10.1. The van der Waals surface area contributed by atoms with E-state index in [1.165, 1.54) is 18.9 Å². The van der Waals surface area contributed by atoms with Gasteiger partial charge in [-0.25, -0.2) is 0 Å². The second kappa shape index (κ2) is 9.55. The fourth-order valence-corrected chi connectivity index (χ4v) is 2.63. The Hall–Kier alpha value is -3.35. The molecule has 0 aromatic heterocycles. The second-order valence-electron chi connectivity index (χ2n) is 6.53. The van der Waals surface area contributed by atoms with Crippen LogP contribution in [0.1, 0.15) is 18.1 Å². The van der Waals surface area contributed by atoms with Crippen LogP contribution < -0.4 is 15.4 Å². The van der Waals surface area contributed by atoms with E-state index in [-0.39, 0.29) is 30.9 Å². The lowest BCUT2D eigenvalue weighted by Gasteiger charge is -2.19. The molecular weight excluding hydrogens is 358 g/mol. The summed E-state index contributed by atoms with van der Waals surface area (Å²) in [6.07, 6.45) is 0. The average Bonchev–Trinajstić information content (AvgIpc) is 2.63. The molecule has 7 nitrogen and oxygen atoms in total. The Morgan fingerprint density at radius 3 is 2.25 bits per heavy atom. The molecule has 0 spiro atoms. The molecule has 0 atom stereocenters. The number of rotatable bonds is 7. The largest absolute Gasteiger partial charge is 0.482 e. The summed E-state index contributed by atoms with van der Waals surface area (Å²) in [5.74, 6) is -0.483. The topological polar surface area (TPSA) is 87.7 Å². The molecule has 0 unspecified atom stereocenters. The van der Waals surface area contributed by atoms with Gasteiger partial charge in [0.15, 0.2) is 6.61 Å². The third-order valence-electron chi connectivity index (χ3n) is 4.10. The number of anilines is 2. The highest BCUT2D eigenvalue weighted by atomic mass is 16.5. The summed E-state index contributed by atoms with van der Waals surface area (Å²) in [4.78, 5) is 37.1. The van der Waals surface area contributed by atoms with Gasteiger partial charge in [0.25, 0.3) is 5.91 Å². The Kier molecular flexibility index (Phi) is 7.14. The lowest BCUT2D eigenvalue weighted by Crippen LogP contribution is -2.37. The van der Waals surface area contributed by atoms with E-state index in [9.17, 15) is 14.4 Å². The van der Waals surface area contributed by atoms with E-state index in [2.05, 4.69) is 10.6 Å². The highest BCUT2D eigenvalue weighted by Gasteiger charge is 2.16. The van der Waals surface area contributed by atoms with Crippen molar-refractivity contribution in [2.75, 3.05) is 30.8 Å². The van der Waals surface area contributed by atoms with Gasteiger partial charge >= 0.3 is 0 Å². The SMILES string of the molecule is CC(=O)Nc1ccccc1OCC(=O)N(C)CC(=O)Nc1c(C)cccc1C. The lowest BCUT2D eigenvalue weighted by molar-refractivity contribution is -0.135. The van der Waals surface area contributed by atoms with Gasteiger partial charge in [-0.05, 0) is 37.1 Å². The third-order valence-corrected chi connectivity index (χ3v) is 4.10. The Morgan fingerprint density at radius 1 is 0.964 bits per heavy atom. The van der Waals surface area contributed by atoms with Gasteiger partial charge in [-0.15, -0.1) is 0 Å². The van der Waals surface area contributed by atoms with Crippen molar-refractivity contribution in [3.63, 3.8) is 0 Å². The first-order valence-corrected chi connectivity index (χ1v) is 8.87. The first-order chi connectivity index (χ1) is 13.3. The van der Waals surface area contributed by atoms with Gasteiger partial charge in [-0.1, -0.05) is 30.3 Å². The van der Waals surface area contributed by atoms with Crippen LogP contribution in [0.25, 0.3) is 0 Å². The Morgan fingerprint density at radius 2 is 1.61 bits per heavy atom. The minimum Gasteiger partial charge on any atom is -0.482 e. The molecule has 28 heavy (non-hydrogen) atoms. The van der Waals surface area contributed by atoms with Crippen molar-refractivity contribution >= 4 is 29.1 Å². The van der Waals surface area contributed by atoms with Crippen molar-refractivity contribution in [3.05, 3.63) is 53.6 Å². The van der Waals surface area contributed by atoms with E-state index in [1.807, 2.05) is 32.0 Å². The molecule has 0 saturated heterocycles. The summed E-state index contributed by atoms with van der Waals surface area (Å²) >= 11 is 0. The van der Waals surface area contributed by atoms with Crippen LogP contribution in [0, 0.1) is 13.8 Å². The van der Waals surface area contributed by atoms with Crippen molar-refractivity contribution in [2.24, 2.45) is 0 Å². The van der Waals surface area contributed by atoms with Crippen LogP contribution in [0.4, 0.5) is 11.4 Å². The number of likely N-dealkylation sites (N-methyl/N-ethyl adjacent to an activating group) is 1. The van der Waals surface area contributed by atoms with Crippen LogP contribution in [0.3, 0.4) is 0 Å². The summed E-state index contributed by atoms with van der Waals surface area (Å²) in [5.41, 5.74) is 3.16. The predicted molar refractivity (Wildman–Crippen MR) is 108 cm³/mol. The van der Waals surface area contributed by atoms with Crippen LogP contribution in [-0.2, 0) is 14.4 Å². The van der Waals surface area contributed by atoms with Crippen molar-refractivity contribution < 1.29 is 19.1 Å². The molecule has 0 radical (unpaired) electrons. The van der Waals surface area contributed by atoms with E-state index in [4.69, 9.17) is 4.74 Å². The molecule has 2 rings (SSSR count). The quantitative estimate of drug-likeness (QED) is 0.770. The van der Waals surface area contributed by atoms with Gasteiger partial charge in [0.2, 0.25) is 11.8 Å². The number of ether oxygens (including phenoxy) is 1. The second-order valence-corrected chi connectivity index (χ2v) is 6.53. The zero-order chi connectivity index (χ0) is 20.7. The van der Waals surface area contributed by atoms with Crippen molar-refractivity contribution in [3.8, 4) is 5.75 Å². The fourth-order valence-electron chi connectivity index (χ4n) is 2.63. The molecule has 2 N–H and O–H groups in total. The maximum atomic E-state index is 12.3. The number of nitrogens with zero attached hydrogens (tertiary/aromatic N) is 1. The van der Waals surface area contributed by atoms with E-state index < -0.39 is 0 Å². The third kappa shape index (κ3) is 5.84. The molecule has 148 valence electrons. The predicted octanol–water partition coefficient (Wildman–Crippen LogP) is 2.74. The maximum absolute atomic E-state index is 12.3. The molecule has 7 heteroatoms. The van der Waals surface area contributed by atoms with Gasteiger partial charge in [0.05, 0.1) is 12.2 Å². The van der Waals surface area contributed by atoms with Gasteiger partial charge in [-0.3, -0.25) is 14.4 Å². The van der Waals surface area contributed by atoms with Crippen LogP contribution >= 0.6 is 0 Å². The molecule has 2 aromatic carbocycles. The summed E-state index contributed by atoms with van der Waals surface area (Å²) in [6.45, 7) is 4.88. The van der Waals surface area contributed by atoms with Crippen molar-refractivity contribution in [1.82, 2.24) is 4.90 Å². The molecule has 3 amide bonds. The molecule has 0 saturated carbocycles. The first-order valence-electron chi connectivity index (χ1n) is 8.87. The molecule has 0 aliphatic heterocycles. The number of amides is 3. The number of carbonyl (C=O) groups excluding carboxylic acids is 3. The number of benzene rings is 2. The van der Waals surface area contributed by atoms with Crippen LogP contribution in [0.5, 0.6) is 5.75 Å².